The van der Waals surface area contributed by atoms with E-state index in [0.717, 1.165) is 39.0 Å². The highest BCUT2D eigenvalue weighted by Gasteiger charge is 2.34. The van der Waals surface area contributed by atoms with Gasteiger partial charge in [-0.2, -0.15) is 0 Å². The fourth-order valence-corrected chi connectivity index (χ4v) is 3.59. The third-order valence-corrected chi connectivity index (χ3v) is 5.16. The zero-order chi connectivity index (χ0) is 19.4. The molecule has 1 aromatic carbocycles. The molecule has 2 aliphatic heterocycles. The van der Waals surface area contributed by atoms with E-state index in [2.05, 4.69) is 9.89 Å². The summed E-state index contributed by atoms with van der Waals surface area (Å²) in [4.78, 5) is 19.1. The molecule has 1 aromatic rings. The maximum Gasteiger partial charge on any atom is 0.437 e. The van der Waals surface area contributed by atoms with Crippen LogP contribution in [0.4, 0.5) is 14.9 Å². The van der Waals surface area contributed by atoms with Crippen LogP contribution in [0.3, 0.4) is 0 Å². The van der Waals surface area contributed by atoms with Crippen molar-refractivity contribution in [3.8, 4) is 0 Å². The van der Waals surface area contributed by atoms with Crippen LogP contribution in [0.1, 0.15) is 18.4 Å². The lowest BCUT2D eigenvalue weighted by molar-refractivity contribution is -0.0547. The number of hydrogen-bond donors (Lipinski definition) is 2. The quantitative estimate of drug-likeness (QED) is 0.581. The third kappa shape index (κ3) is 4.67. The summed E-state index contributed by atoms with van der Waals surface area (Å²) in [5, 5.41) is 0. The van der Waals surface area contributed by atoms with Crippen LogP contribution in [0.5, 0.6) is 0 Å². The summed E-state index contributed by atoms with van der Waals surface area (Å²) in [5.41, 5.74) is 11.0. The number of likely N-dealkylation sites (tertiary alicyclic amines) is 1. The molecule has 2 aliphatic rings. The molecule has 0 saturated carbocycles. The minimum absolute atomic E-state index is 0.224. The van der Waals surface area contributed by atoms with Crippen molar-refractivity contribution in [2.45, 2.75) is 31.6 Å². The van der Waals surface area contributed by atoms with E-state index in [1.165, 1.54) is 0 Å². The molecule has 0 atom stereocenters. The van der Waals surface area contributed by atoms with Gasteiger partial charge in [-0.15, -0.1) is 4.99 Å². The average molecular weight is 379 g/mol. The van der Waals surface area contributed by atoms with E-state index >= 15 is 0 Å². The Morgan fingerprint density at radius 2 is 2.00 bits per heavy atom. The predicted octanol–water partition coefficient (Wildman–Crippen LogP) is 1.04. The maximum absolute atomic E-state index is 14.9. The molecule has 27 heavy (non-hydrogen) atoms. The minimum Gasteiger partial charge on any atom is -0.443 e. The number of amides is 1. The zero-order valence-electron chi connectivity index (χ0n) is 15.4. The second-order valence-corrected chi connectivity index (χ2v) is 6.87. The standard InChI is InChI=1S/C18H26FN5O3/c1-26-14-9-24(10-14)13-5-7-23(8-6-13)15-4-2-3-12(16(15)19)11-27-18(25)22-17(20)21/h2-4,13-14H,5-11H2,1H3,(H4,20,21,22,25). The summed E-state index contributed by atoms with van der Waals surface area (Å²) < 4.78 is 25.1. The monoisotopic (exact) mass is 379 g/mol. The summed E-state index contributed by atoms with van der Waals surface area (Å²) in [5.74, 6) is -0.770. The maximum atomic E-state index is 14.9. The van der Waals surface area contributed by atoms with Gasteiger partial charge >= 0.3 is 6.09 Å². The first-order chi connectivity index (χ1) is 13.0. The molecular weight excluding hydrogens is 353 g/mol. The summed E-state index contributed by atoms with van der Waals surface area (Å²) in [6.45, 7) is 3.30. The van der Waals surface area contributed by atoms with Gasteiger partial charge in [-0.05, 0) is 18.9 Å². The molecule has 0 radical (unpaired) electrons. The second-order valence-electron chi connectivity index (χ2n) is 6.87. The number of rotatable bonds is 5. The van der Waals surface area contributed by atoms with E-state index in [1.807, 2.05) is 4.90 Å². The van der Waals surface area contributed by atoms with Crippen molar-refractivity contribution in [2.75, 3.05) is 38.2 Å². The first-order valence-electron chi connectivity index (χ1n) is 9.03. The molecular formula is C18H26FN5O3. The van der Waals surface area contributed by atoms with Crippen LogP contribution in [0.2, 0.25) is 0 Å². The summed E-state index contributed by atoms with van der Waals surface area (Å²) in [6, 6.07) is 5.62. The van der Waals surface area contributed by atoms with Gasteiger partial charge in [-0.1, -0.05) is 12.1 Å². The Kier molecular flexibility index (Phi) is 6.12. The Balaban J connectivity index is 1.56. The number of aliphatic imine (C=N–C) groups is 1. The number of nitrogens with two attached hydrogens (primary N) is 2. The van der Waals surface area contributed by atoms with Crippen molar-refractivity contribution in [1.29, 1.82) is 0 Å². The normalized spacial score (nSPS) is 18.8. The molecule has 0 aliphatic carbocycles. The predicted molar refractivity (Wildman–Crippen MR) is 100.0 cm³/mol. The Labute approximate surface area is 157 Å². The minimum atomic E-state index is -0.940. The van der Waals surface area contributed by atoms with Gasteiger partial charge in [0.15, 0.2) is 11.8 Å². The number of ether oxygens (including phenoxy) is 2. The van der Waals surface area contributed by atoms with Crippen molar-refractivity contribution in [3.05, 3.63) is 29.6 Å². The Morgan fingerprint density at radius 3 is 2.63 bits per heavy atom. The number of guanidine groups is 1. The summed E-state index contributed by atoms with van der Waals surface area (Å²) in [6.07, 6.45) is 1.38. The average Bonchev–Trinajstić information content (AvgIpc) is 2.60. The van der Waals surface area contributed by atoms with E-state index in [1.54, 1.807) is 25.3 Å². The van der Waals surface area contributed by atoms with Crippen LogP contribution in [-0.4, -0.2) is 62.4 Å². The van der Waals surface area contributed by atoms with Crippen LogP contribution < -0.4 is 16.4 Å². The van der Waals surface area contributed by atoms with Crippen LogP contribution in [-0.2, 0) is 16.1 Å². The number of carbonyl (C=O) groups is 1. The number of hydrogen-bond acceptors (Lipinski definition) is 5. The lowest BCUT2D eigenvalue weighted by Crippen LogP contribution is -2.58. The number of halogens is 1. The van der Waals surface area contributed by atoms with Gasteiger partial charge in [0.1, 0.15) is 6.61 Å². The number of carbonyl (C=O) groups excluding carboxylic acids is 1. The van der Waals surface area contributed by atoms with Crippen molar-refractivity contribution in [2.24, 2.45) is 16.5 Å². The molecule has 0 aromatic heterocycles. The number of methoxy groups -OCH3 is 1. The lowest BCUT2D eigenvalue weighted by atomic mass is 9.98. The first-order valence-corrected chi connectivity index (χ1v) is 9.03. The second kappa shape index (κ2) is 8.53. The number of anilines is 1. The topological polar surface area (TPSA) is 106 Å². The van der Waals surface area contributed by atoms with Crippen molar-refractivity contribution < 1.29 is 18.7 Å². The Bertz CT molecular complexity index is 696. The molecule has 2 saturated heterocycles. The molecule has 2 fully saturated rings. The van der Waals surface area contributed by atoms with Gasteiger partial charge in [-0.25, -0.2) is 9.18 Å². The van der Waals surface area contributed by atoms with Crippen molar-refractivity contribution in [3.63, 3.8) is 0 Å². The number of nitrogens with zero attached hydrogens (tertiary/aromatic N) is 3. The van der Waals surface area contributed by atoms with Crippen LogP contribution in [0.15, 0.2) is 23.2 Å². The van der Waals surface area contributed by atoms with Crippen LogP contribution in [0.25, 0.3) is 0 Å². The van der Waals surface area contributed by atoms with Crippen LogP contribution in [0, 0.1) is 5.82 Å². The SMILES string of the molecule is COC1CN(C2CCN(c3cccc(COC(=O)N=C(N)N)c3F)CC2)C1. The molecule has 8 nitrogen and oxygen atoms in total. The molecule has 9 heteroatoms. The van der Waals surface area contributed by atoms with Crippen molar-refractivity contribution >= 4 is 17.7 Å². The Morgan fingerprint density at radius 1 is 1.30 bits per heavy atom. The molecule has 4 N–H and O–H groups in total. The first kappa shape index (κ1) is 19.4. The molecule has 0 bridgehead atoms. The molecule has 0 unspecified atom stereocenters. The fraction of sp³-hybridized carbons (Fsp3) is 0.556. The molecule has 2 heterocycles. The highest BCUT2D eigenvalue weighted by Crippen LogP contribution is 2.29. The van der Waals surface area contributed by atoms with Crippen LogP contribution >= 0.6 is 0 Å². The molecule has 1 amide bonds. The smallest absolute Gasteiger partial charge is 0.437 e. The fourth-order valence-electron chi connectivity index (χ4n) is 3.59. The highest BCUT2D eigenvalue weighted by atomic mass is 19.1. The van der Waals surface area contributed by atoms with E-state index in [0.29, 0.717) is 23.4 Å². The zero-order valence-corrected chi connectivity index (χ0v) is 15.4. The molecule has 3 rings (SSSR count). The van der Waals surface area contributed by atoms with Gasteiger partial charge in [-0.3, -0.25) is 4.90 Å². The van der Waals surface area contributed by atoms with Gasteiger partial charge in [0, 0.05) is 44.9 Å². The van der Waals surface area contributed by atoms with E-state index in [-0.39, 0.29) is 12.4 Å². The molecule has 148 valence electrons. The highest BCUT2D eigenvalue weighted by molar-refractivity contribution is 5.87. The molecule has 0 spiro atoms. The summed E-state index contributed by atoms with van der Waals surface area (Å²) in [7, 11) is 1.75. The van der Waals surface area contributed by atoms with E-state index in [4.69, 9.17) is 20.9 Å². The van der Waals surface area contributed by atoms with Gasteiger partial charge < -0.3 is 25.8 Å². The summed E-state index contributed by atoms with van der Waals surface area (Å²) >= 11 is 0. The Hall–Kier alpha value is -2.39. The largest absolute Gasteiger partial charge is 0.443 e. The van der Waals surface area contributed by atoms with Gasteiger partial charge in [0.05, 0.1) is 11.8 Å². The van der Waals surface area contributed by atoms with E-state index < -0.39 is 12.1 Å². The number of piperidine rings is 1. The lowest BCUT2D eigenvalue weighted by Gasteiger charge is -2.46. The van der Waals surface area contributed by atoms with Crippen molar-refractivity contribution in [1.82, 2.24) is 4.90 Å². The van der Waals surface area contributed by atoms with E-state index in [9.17, 15) is 9.18 Å². The third-order valence-electron chi connectivity index (χ3n) is 5.16. The number of benzene rings is 1. The van der Waals surface area contributed by atoms with Gasteiger partial charge in [0.2, 0.25) is 0 Å². The van der Waals surface area contributed by atoms with Gasteiger partial charge in [0.25, 0.3) is 0 Å².